The lowest BCUT2D eigenvalue weighted by atomic mass is 9.71. The predicted octanol–water partition coefficient (Wildman–Crippen LogP) is 1.38. The molecule has 6 nitrogen and oxygen atoms in total. The molecule has 0 aromatic heterocycles. The molecule has 2 unspecified atom stereocenters. The summed E-state index contributed by atoms with van der Waals surface area (Å²) >= 11 is 0. The molecule has 6 aliphatic rings. The summed E-state index contributed by atoms with van der Waals surface area (Å²) in [6.45, 7) is 3.84. The van der Waals surface area contributed by atoms with Crippen LogP contribution in [0.1, 0.15) is 26.7 Å². The summed E-state index contributed by atoms with van der Waals surface area (Å²) in [7, 11) is 0. The molecule has 2 heterocycles. The number of aliphatic hydroxyl groups is 2. The standard InChI is InChI=1S/2C10H12O3/c2*1-10-6-3-2-5(4-6)7(10)8(11)13-9(10)12/h2*2-3,5-8,11H,4H2,1H3/t2*5-,6?,7+,8+,10-/m10/s1. The monoisotopic (exact) mass is 360 g/mol. The first-order valence-corrected chi connectivity index (χ1v) is 9.43. The molecule has 4 bridgehead atoms. The maximum atomic E-state index is 11.6. The first-order valence-electron chi connectivity index (χ1n) is 9.43. The number of rotatable bonds is 0. The van der Waals surface area contributed by atoms with E-state index in [2.05, 4.69) is 24.3 Å². The Morgan fingerprint density at radius 2 is 1.19 bits per heavy atom. The van der Waals surface area contributed by atoms with Crippen molar-refractivity contribution in [2.75, 3.05) is 0 Å². The zero-order valence-electron chi connectivity index (χ0n) is 14.9. The average Bonchev–Trinajstić information content (AvgIpc) is 3.36. The molecule has 2 saturated heterocycles. The lowest BCUT2D eigenvalue weighted by molar-refractivity contribution is -0.161. The van der Waals surface area contributed by atoms with Crippen molar-refractivity contribution in [3.05, 3.63) is 24.3 Å². The van der Waals surface area contributed by atoms with Crippen LogP contribution in [0.3, 0.4) is 0 Å². The molecule has 2 aliphatic heterocycles. The molecule has 26 heavy (non-hydrogen) atoms. The lowest BCUT2D eigenvalue weighted by Crippen LogP contribution is -2.35. The van der Waals surface area contributed by atoms with Gasteiger partial charge >= 0.3 is 11.9 Å². The highest BCUT2D eigenvalue weighted by molar-refractivity contribution is 5.81. The van der Waals surface area contributed by atoms with Crippen molar-refractivity contribution in [1.29, 1.82) is 0 Å². The Bertz CT molecular complexity index is 681. The van der Waals surface area contributed by atoms with Gasteiger partial charge in [-0.25, -0.2) is 0 Å². The van der Waals surface area contributed by atoms with E-state index >= 15 is 0 Å². The largest absolute Gasteiger partial charge is 0.435 e. The van der Waals surface area contributed by atoms with Gasteiger partial charge in [-0.05, 0) is 50.4 Å². The summed E-state index contributed by atoms with van der Waals surface area (Å²) in [5.41, 5.74) is -0.891. The van der Waals surface area contributed by atoms with Gasteiger partial charge in [-0.2, -0.15) is 0 Å². The van der Waals surface area contributed by atoms with Gasteiger partial charge in [0.25, 0.3) is 0 Å². The first kappa shape index (κ1) is 16.5. The van der Waals surface area contributed by atoms with Gasteiger partial charge in [-0.15, -0.1) is 0 Å². The molecule has 0 spiro atoms. The summed E-state index contributed by atoms with van der Waals surface area (Å²) in [5.74, 6) is 0.806. The number of esters is 2. The van der Waals surface area contributed by atoms with Crippen LogP contribution in [0.25, 0.3) is 0 Å². The Balaban J connectivity index is 0.000000115. The van der Waals surface area contributed by atoms with Gasteiger partial charge in [0, 0.05) is 11.8 Å². The third-order valence-corrected chi connectivity index (χ3v) is 8.03. The number of fused-ring (bicyclic) bond motifs is 10. The van der Waals surface area contributed by atoms with E-state index in [9.17, 15) is 19.8 Å². The number of ether oxygens (including phenoxy) is 2. The third kappa shape index (κ3) is 1.75. The Kier molecular flexibility index (Phi) is 3.17. The topological polar surface area (TPSA) is 93.1 Å². The van der Waals surface area contributed by atoms with Crippen molar-refractivity contribution >= 4 is 11.9 Å². The van der Waals surface area contributed by atoms with E-state index in [1.807, 2.05) is 13.8 Å². The van der Waals surface area contributed by atoms with Gasteiger partial charge in [-0.3, -0.25) is 9.59 Å². The fourth-order valence-corrected chi connectivity index (χ4v) is 6.47. The van der Waals surface area contributed by atoms with Gasteiger partial charge in [0.15, 0.2) is 0 Å². The van der Waals surface area contributed by atoms with E-state index in [0.717, 1.165) is 12.8 Å². The number of carbonyl (C=O) groups excluding carboxylic acids is 2. The minimum Gasteiger partial charge on any atom is -0.435 e. The third-order valence-electron chi connectivity index (χ3n) is 8.03. The normalized spacial score (nSPS) is 56.9. The van der Waals surface area contributed by atoms with Crippen molar-refractivity contribution in [3.63, 3.8) is 0 Å². The fourth-order valence-electron chi connectivity index (χ4n) is 6.47. The second-order valence-corrected chi connectivity index (χ2v) is 8.99. The number of hydrogen-bond acceptors (Lipinski definition) is 6. The Morgan fingerprint density at radius 1 is 0.808 bits per heavy atom. The van der Waals surface area contributed by atoms with Crippen LogP contribution < -0.4 is 0 Å². The van der Waals surface area contributed by atoms with Gasteiger partial charge in [0.05, 0.1) is 10.8 Å². The molecule has 2 saturated carbocycles. The van der Waals surface area contributed by atoms with Crippen molar-refractivity contribution < 1.29 is 29.3 Å². The van der Waals surface area contributed by atoms with Gasteiger partial charge < -0.3 is 19.7 Å². The van der Waals surface area contributed by atoms with E-state index in [4.69, 9.17) is 9.47 Å². The van der Waals surface area contributed by atoms with Crippen molar-refractivity contribution in [1.82, 2.24) is 0 Å². The van der Waals surface area contributed by atoms with Crippen molar-refractivity contribution in [2.24, 2.45) is 46.3 Å². The van der Waals surface area contributed by atoms with Gasteiger partial charge in [-0.1, -0.05) is 24.3 Å². The molecule has 6 rings (SSSR count). The molecule has 140 valence electrons. The highest BCUT2D eigenvalue weighted by Gasteiger charge is 2.66. The molecule has 6 heteroatoms. The van der Waals surface area contributed by atoms with Crippen LogP contribution in [-0.2, 0) is 19.1 Å². The summed E-state index contributed by atoms with van der Waals surface area (Å²) in [5, 5.41) is 19.2. The Hall–Kier alpha value is -1.66. The molecular formula is C20H24O6. The highest BCUT2D eigenvalue weighted by atomic mass is 16.6. The molecule has 2 N–H and O–H groups in total. The van der Waals surface area contributed by atoms with E-state index in [1.165, 1.54) is 0 Å². The van der Waals surface area contributed by atoms with Crippen molar-refractivity contribution in [2.45, 2.75) is 39.3 Å². The molecule has 0 radical (unpaired) electrons. The molecular weight excluding hydrogens is 336 g/mol. The predicted molar refractivity (Wildman–Crippen MR) is 88.9 cm³/mol. The number of allylic oxidation sites excluding steroid dienone is 4. The fraction of sp³-hybridized carbons (Fsp3) is 0.700. The van der Waals surface area contributed by atoms with E-state index in [1.54, 1.807) is 0 Å². The summed E-state index contributed by atoms with van der Waals surface area (Å²) < 4.78 is 9.78. The van der Waals surface area contributed by atoms with Gasteiger partial charge in [0.1, 0.15) is 0 Å². The SMILES string of the molecule is C[C@@]12C(=O)O[C@@H](O)[C@H]1[C@H]1C=CC2C1.C[C@]12C(=O)O[C@H](O)[C@@H]1[C@@H]1C=CC2C1. The Morgan fingerprint density at radius 3 is 1.54 bits per heavy atom. The second kappa shape index (κ2) is 4.98. The molecule has 0 amide bonds. The van der Waals surface area contributed by atoms with E-state index < -0.39 is 23.4 Å². The quantitative estimate of drug-likeness (QED) is 0.501. The molecule has 4 aliphatic carbocycles. The zero-order chi connectivity index (χ0) is 18.4. The smallest absolute Gasteiger partial charge is 0.315 e. The molecule has 4 fully saturated rings. The maximum absolute atomic E-state index is 11.6. The van der Waals surface area contributed by atoms with Gasteiger partial charge in [0.2, 0.25) is 12.6 Å². The van der Waals surface area contributed by atoms with E-state index in [-0.39, 0.29) is 35.6 Å². The van der Waals surface area contributed by atoms with Crippen LogP contribution in [-0.4, -0.2) is 34.7 Å². The number of aliphatic hydroxyl groups excluding tert-OH is 2. The number of cyclic esters (lactones) is 2. The van der Waals surface area contributed by atoms with Crippen LogP contribution in [0.15, 0.2) is 24.3 Å². The zero-order valence-corrected chi connectivity index (χ0v) is 14.9. The van der Waals surface area contributed by atoms with E-state index in [0.29, 0.717) is 11.8 Å². The highest BCUT2D eigenvalue weighted by Crippen LogP contribution is 2.61. The second-order valence-electron chi connectivity index (χ2n) is 8.99. The lowest BCUT2D eigenvalue weighted by Gasteiger charge is -2.27. The minimum absolute atomic E-state index is 0.00463. The molecule has 0 aromatic carbocycles. The maximum Gasteiger partial charge on any atom is 0.315 e. The summed E-state index contributed by atoms with van der Waals surface area (Å²) in [4.78, 5) is 23.1. The van der Waals surface area contributed by atoms with Crippen molar-refractivity contribution in [3.8, 4) is 0 Å². The average molecular weight is 360 g/mol. The summed E-state index contributed by atoms with van der Waals surface area (Å²) in [6, 6.07) is 0. The van der Waals surface area contributed by atoms with Crippen LogP contribution in [0, 0.1) is 46.3 Å². The number of carbonyl (C=O) groups is 2. The summed E-state index contributed by atoms with van der Waals surface area (Å²) in [6.07, 6.45) is 8.68. The minimum atomic E-state index is -0.877. The number of hydrogen-bond donors (Lipinski definition) is 2. The van der Waals surface area contributed by atoms with Crippen LogP contribution in [0.5, 0.6) is 0 Å². The Labute approximate surface area is 151 Å². The van der Waals surface area contributed by atoms with Crippen LogP contribution in [0.4, 0.5) is 0 Å². The molecule has 10 atom stereocenters. The van der Waals surface area contributed by atoms with Crippen LogP contribution >= 0.6 is 0 Å². The molecule has 0 aromatic rings. The first-order chi connectivity index (χ1) is 12.3. The van der Waals surface area contributed by atoms with Crippen LogP contribution in [0.2, 0.25) is 0 Å².